The molecule has 1 aromatic rings. The number of halogens is 3. The number of nitrogens with one attached hydrogen (secondary N) is 1. The topological polar surface area (TPSA) is 27.7 Å². The van der Waals surface area contributed by atoms with Gasteiger partial charge in [0.05, 0.1) is 0 Å². The number of anilines is 1. The number of hydrogen-bond donors (Lipinski definition) is 1. The molecular weight excluding hydrogens is 315 g/mol. The third kappa shape index (κ3) is 5.03. The van der Waals surface area contributed by atoms with Crippen molar-refractivity contribution in [2.45, 2.75) is 13.3 Å². The number of likely N-dealkylation sites (N-methyl/N-ethyl adjacent to an activating group) is 1. The summed E-state index contributed by atoms with van der Waals surface area (Å²) >= 11 is 5.34. The van der Waals surface area contributed by atoms with Crippen LogP contribution in [0.3, 0.4) is 0 Å². The van der Waals surface area contributed by atoms with Crippen molar-refractivity contribution in [2.75, 3.05) is 38.0 Å². The molecule has 122 valence electrons. The van der Waals surface area contributed by atoms with Crippen LogP contribution in [-0.2, 0) is 0 Å². The number of piperazine rings is 1. The number of hydrogen-bond acceptors (Lipinski definition) is 3. The SMILES string of the molecule is CCN1CCN(C(=S)Nc2ccc(OC(F)(F)F)cc2)CC1. The number of alkyl halides is 3. The summed E-state index contributed by atoms with van der Waals surface area (Å²) in [5.41, 5.74) is 0.637. The Morgan fingerprint density at radius 1 is 1.18 bits per heavy atom. The normalized spacial score (nSPS) is 16.5. The number of ether oxygens (including phenoxy) is 1. The molecule has 1 N–H and O–H groups in total. The molecule has 0 radical (unpaired) electrons. The minimum absolute atomic E-state index is 0.250. The zero-order chi connectivity index (χ0) is 16.2. The van der Waals surface area contributed by atoms with Gasteiger partial charge in [0.2, 0.25) is 0 Å². The number of nitrogens with zero attached hydrogens (tertiary/aromatic N) is 2. The Balaban J connectivity index is 1.87. The molecule has 0 saturated carbocycles. The average Bonchev–Trinajstić information content (AvgIpc) is 2.48. The first-order valence-corrected chi connectivity index (χ1v) is 7.42. The maximum Gasteiger partial charge on any atom is 0.573 e. The van der Waals surface area contributed by atoms with Crippen LogP contribution in [0.4, 0.5) is 18.9 Å². The molecule has 0 aliphatic carbocycles. The summed E-state index contributed by atoms with van der Waals surface area (Å²) in [6.45, 7) is 6.74. The van der Waals surface area contributed by atoms with Crippen LogP contribution in [0.1, 0.15) is 6.92 Å². The van der Waals surface area contributed by atoms with Crippen LogP contribution < -0.4 is 10.1 Å². The van der Waals surface area contributed by atoms with E-state index in [1.807, 2.05) is 0 Å². The zero-order valence-corrected chi connectivity index (χ0v) is 13.0. The molecular formula is C14H18F3N3OS. The van der Waals surface area contributed by atoms with Crippen molar-refractivity contribution in [3.63, 3.8) is 0 Å². The Bertz CT molecular complexity index is 499. The Hall–Kier alpha value is -1.54. The van der Waals surface area contributed by atoms with E-state index in [1.165, 1.54) is 24.3 Å². The maximum atomic E-state index is 12.1. The van der Waals surface area contributed by atoms with Gasteiger partial charge in [-0.15, -0.1) is 13.2 Å². The first-order valence-electron chi connectivity index (χ1n) is 7.01. The lowest BCUT2D eigenvalue weighted by Gasteiger charge is -2.35. The van der Waals surface area contributed by atoms with Crippen molar-refractivity contribution in [2.24, 2.45) is 0 Å². The van der Waals surface area contributed by atoms with Gasteiger partial charge in [-0.25, -0.2) is 0 Å². The Morgan fingerprint density at radius 3 is 2.27 bits per heavy atom. The lowest BCUT2D eigenvalue weighted by molar-refractivity contribution is -0.274. The van der Waals surface area contributed by atoms with Gasteiger partial charge in [-0.05, 0) is 43.0 Å². The molecule has 0 aromatic heterocycles. The van der Waals surface area contributed by atoms with Gasteiger partial charge in [-0.1, -0.05) is 6.92 Å². The van der Waals surface area contributed by atoms with E-state index in [2.05, 4.69) is 26.8 Å². The molecule has 1 aromatic carbocycles. The summed E-state index contributed by atoms with van der Waals surface area (Å²) in [6.07, 6.45) is -4.68. The molecule has 1 aliphatic rings. The van der Waals surface area contributed by atoms with Gasteiger partial charge in [0.25, 0.3) is 0 Å². The molecule has 1 saturated heterocycles. The number of benzene rings is 1. The van der Waals surface area contributed by atoms with E-state index in [0.717, 1.165) is 32.7 Å². The largest absolute Gasteiger partial charge is 0.573 e. The van der Waals surface area contributed by atoms with Gasteiger partial charge >= 0.3 is 6.36 Å². The summed E-state index contributed by atoms with van der Waals surface area (Å²) in [5, 5.41) is 3.62. The standard InChI is InChI=1S/C14H18F3N3OS/c1-2-19-7-9-20(10-8-19)13(22)18-11-3-5-12(6-4-11)21-14(15,16)17/h3-6H,2,7-10H2,1H3,(H,18,22). The molecule has 8 heteroatoms. The lowest BCUT2D eigenvalue weighted by atomic mass is 10.3. The van der Waals surface area contributed by atoms with Gasteiger partial charge < -0.3 is 19.9 Å². The second-order valence-corrected chi connectivity index (χ2v) is 5.31. The molecule has 1 aliphatic heterocycles. The van der Waals surface area contributed by atoms with E-state index < -0.39 is 6.36 Å². The predicted molar refractivity (Wildman–Crippen MR) is 83.0 cm³/mol. The van der Waals surface area contributed by atoms with Crippen LogP contribution in [0, 0.1) is 0 Å². The smallest absolute Gasteiger partial charge is 0.406 e. The van der Waals surface area contributed by atoms with E-state index in [9.17, 15) is 13.2 Å². The Morgan fingerprint density at radius 2 is 1.77 bits per heavy atom. The van der Waals surface area contributed by atoms with Crippen molar-refractivity contribution in [3.8, 4) is 5.75 Å². The third-order valence-electron chi connectivity index (χ3n) is 3.45. The summed E-state index contributed by atoms with van der Waals surface area (Å²) in [6, 6.07) is 5.53. The van der Waals surface area contributed by atoms with E-state index in [4.69, 9.17) is 12.2 Å². The monoisotopic (exact) mass is 333 g/mol. The molecule has 0 amide bonds. The maximum absolute atomic E-state index is 12.1. The minimum Gasteiger partial charge on any atom is -0.406 e. The van der Waals surface area contributed by atoms with Crippen LogP contribution in [0.2, 0.25) is 0 Å². The van der Waals surface area contributed by atoms with Crippen molar-refractivity contribution in [3.05, 3.63) is 24.3 Å². The van der Waals surface area contributed by atoms with E-state index in [0.29, 0.717) is 10.8 Å². The third-order valence-corrected chi connectivity index (χ3v) is 3.81. The number of thiocarbonyl (C=S) groups is 1. The first kappa shape index (κ1) is 16.8. The van der Waals surface area contributed by atoms with Crippen LogP contribution in [0.15, 0.2) is 24.3 Å². The molecule has 4 nitrogen and oxygen atoms in total. The van der Waals surface area contributed by atoms with E-state index >= 15 is 0 Å². The summed E-state index contributed by atoms with van der Waals surface area (Å²) in [7, 11) is 0. The molecule has 0 atom stereocenters. The molecule has 0 spiro atoms. The minimum atomic E-state index is -4.68. The second kappa shape index (κ2) is 7.15. The highest BCUT2D eigenvalue weighted by atomic mass is 32.1. The second-order valence-electron chi connectivity index (χ2n) is 4.92. The van der Waals surface area contributed by atoms with Gasteiger partial charge in [0.15, 0.2) is 5.11 Å². The fourth-order valence-electron chi connectivity index (χ4n) is 2.21. The summed E-state index contributed by atoms with van der Waals surface area (Å²) in [5.74, 6) is -0.250. The van der Waals surface area contributed by atoms with Crippen LogP contribution in [0.5, 0.6) is 5.75 Å². The van der Waals surface area contributed by atoms with Crippen molar-refractivity contribution in [1.82, 2.24) is 9.80 Å². The van der Waals surface area contributed by atoms with Gasteiger partial charge in [0, 0.05) is 31.9 Å². The molecule has 0 bridgehead atoms. The van der Waals surface area contributed by atoms with Crippen LogP contribution in [-0.4, -0.2) is 54.0 Å². The summed E-state index contributed by atoms with van der Waals surface area (Å²) < 4.78 is 40.1. The van der Waals surface area contributed by atoms with Gasteiger partial charge in [-0.3, -0.25) is 0 Å². The Kier molecular flexibility index (Phi) is 5.47. The molecule has 1 fully saturated rings. The van der Waals surface area contributed by atoms with Gasteiger partial charge in [-0.2, -0.15) is 0 Å². The quantitative estimate of drug-likeness (QED) is 0.859. The van der Waals surface area contributed by atoms with Crippen LogP contribution in [0.25, 0.3) is 0 Å². The van der Waals surface area contributed by atoms with Crippen molar-refractivity contribution < 1.29 is 17.9 Å². The number of rotatable bonds is 3. The van der Waals surface area contributed by atoms with Gasteiger partial charge in [0.1, 0.15) is 5.75 Å². The van der Waals surface area contributed by atoms with E-state index in [1.54, 1.807) is 0 Å². The highest BCUT2D eigenvalue weighted by Gasteiger charge is 2.31. The fraction of sp³-hybridized carbons (Fsp3) is 0.500. The molecule has 22 heavy (non-hydrogen) atoms. The van der Waals surface area contributed by atoms with E-state index in [-0.39, 0.29) is 5.75 Å². The Labute approximate surface area is 132 Å². The van der Waals surface area contributed by atoms with Crippen molar-refractivity contribution >= 4 is 23.0 Å². The molecule has 2 rings (SSSR count). The van der Waals surface area contributed by atoms with Crippen LogP contribution >= 0.6 is 12.2 Å². The highest BCUT2D eigenvalue weighted by molar-refractivity contribution is 7.80. The predicted octanol–water partition coefficient (Wildman–Crippen LogP) is 2.92. The zero-order valence-electron chi connectivity index (χ0n) is 12.2. The molecule has 1 heterocycles. The average molecular weight is 333 g/mol. The highest BCUT2D eigenvalue weighted by Crippen LogP contribution is 2.24. The lowest BCUT2D eigenvalue weighted by Crippen LogP contribution is -2.49. The van der Waals surface area contributed by atoms with Crippen molar-refractivity contribution in [1.29, 1.82) is 0 Å². The first-order chi connectivity index (χ1) is 10.4. The fourth-order valence-corrected chi connectivity index (χ4v) is 2.51. The summed E-state index contributed by atoms with van der Waals surface area (Å²) in [4.78, 5) is 4.39. The molecule has 0 unspecified atom stereocenters.